The van der Waals surface area contributed by atoms with Crippen LogP contribution in [0.3, 0.4) is 0 Å². The van der Waals surface area contributed by atoms with Crippen molar-refractivity contribution in [3.63, 3.8) is 0 Å². The average Bonchev–Trinajstić information content (AvgIpc) is 3.16. The van der Waals surface area contributed by atoms with E-state index in [9.17, 15) is 13.6 Å². The highest BCUT2D eigenvalue weighted by atomic mass is 19.1. The maximum Gasteiger partial charge on any atom is 0.251 e. The van der Waals surface area contributed by atoms with E-state index in [0.29, 0.717) is 33.5 Å². The lowest BCUT2D eigenvalue weighted by Gasteiger charge is -2.07. The molecule has 0 unspecified atom stereocenters. The molecule has 7 nitrogen and oxygen atoms in total. The van der Waals surface area contributed by atoms with Crippen LogP contribution in [0, 0.1) is 11.6 Å². The second kappa shape index (κ2) is 7.21. The third-order valence-electron chi connectivity index (χ3n) is 4.98. The highest BCUT2D eigenvalue weighted by molar-refractivity contribution is 5.93. The lowest BCUT2D eigenvalue weighted by molar-refractivity contribution is 0.0996. The van der Waals surface area contributed by atoms with Crippen LogP contribution in [0.15, 0.2) is 60.8 Å². The Labute approximate surface area is 174 Å². The lowest BCUT2D eigenvalue weighted by atomic mass is 10.1. The number of rotatable bonds is 4. The Morgan fingerprint density at radius 3 is 2.68 bits per heavy atom. The van der Waals surface area contributed by atoms with Crippen molar-refractivity contribution in [2.24, 2.45) is 5.73 Å². The van der Waals surface area contributed by atoms with E-state index < -0.39 is 17.5 Å². The molecule has 0 saturated carbocycles. The number of nitrogens with two attached hydrogens (primary N) is 1. The maximum atomic E-state index is 14.6. The van der Waals surface area contributed by atoms with Crippen LogP contribution < -0.4 is 5.73 Å². The molecule has 0 spiro atoms. The van der Waals surface area contributed by atoms with Gasteiger partial charge in [0.1, 0.15) is 17.2 Å². The van der Waals surface area contributed by atoms with Gasteiger partial charge in [0.05, 0.1) is 23.3 Å². The van der Waals surface area contributed by atoms with Gasteiger partial charge in [-0.2, -0.15) is 0 Å². The van der Waals surface area contributed by atoms with Crippen molar-refractivity contribution in [3.05, 3.63) is 83.6 Å². The molecule has 1 amide bonds. The highest BCUT2D eigenvalue weighted by Crippen LogP contribution is 2.24. The van der Waals surface area contributed by atoms with Crippen LogP contribution in [0.1, 0.15) is 15.9 Å². The molecule has 3 heterocycles. The van der Waals surface area contributed by atoms with Gasteiger partial charge in [-0.1, -0.05) is 17.3 Å². The van der Waals surface area contributed by atoms with Gasteiger partial charge in [-0.25, -0.2) is 18.4 Å². The average molecular weight is 416 g/mol. The number of hydrogen-bond acceptors (Lipinski definition) is 5. The van der Waals surface area contributed by atoms with Crippen molar-refractivity contribution in [2.45, 2.75) is 6.54 Å². The molecule has 3 aromatic heterocycles. The first-order valence-electron chi connectivity index (χ1n) is 9.33. The molecule has 31 heavy (non-hydrogen) atoms. The van der Waals surface area contributed by atoms with Gasteiger partial charge < -0.3 is 5.73 Å². The Kier molecular flexibility index (Phi) is 4.36. The van der Waals surface area contributed by atoms with Crippen molar-refractivity contribution in [3.8, 4) is 11.3 Å². The third kappa shape index (κ3) is 3.35. The number of hydrogen-bond donors (Lipinski definition) is 1. The second-order valence-corrected chi connectivity index (χ2v) is 6.98. The van der Waals surface area contributed by atoms with Crippen LogP contribution in [0.4, 0.5) is 8.78 Å². The normalized spacial score (nSPS) is 11.3. The topological polar surface area (TPSA) is 99.6 Å². The molecule has 0 radical (unpaired) electrons. The molecule has 2 N–H and O–H groups in total. The van der Waals surface area contributed by atoms with Gasteiger partial charge in [0, 0.05) is 28.8 Å². The van der Waals surface area contributed by atoms with E-state index in [1.54, 1.807) is 36.5 Å². The number of carbonyl (C=O) groups excluding carboxylic acids is 1. The van der Waals surface area contributed by atoms with Crippen molar-refractivity contribution in [1.29, 1.82) is 0 Å². The largest absolute Gasteiger partial charge is 0.366 e. The summed E-state index contributed by atoms with van der Waals surface area (Å²) in [6.07, 6.45) is 1.61. The number of fused-ring (bicyclic) bond motifs is 2. The lowest BCUT2D eigenvalue weighted by Crippen LogP contribution is -2.13. The van der Waals surface area contributed by atoms with E-state index >= 15 is 0 Å². The number of halogens is 2. The SMILES string of the molecule is NC(=O)c1ccc(-c2ccc3nnn(Cc4cc5cccnc5cc4F)c3n2)cc1F. The van der Waals surface area contributed by atoms with E-state index in [1.165, 1.54) is 22.9 Å². The Balaban J connectivity index is 1.55. The monoisotopic (exact) mass is 416 g/mol. The second-order valence-electron chi connectivity index (χ2n) is 6.98. The van der Waals surface area contributed by atoms with Gasteiger partial charge in [-0.05, 0) is 36.4 Å². The first kappa shape index (κ1) is 18.7. The first-order valence-corrected chi connectivity index (χ1v) is 9.33. The van der Waals surface area contributed by atoms with Gasteiger partial charge >= 0.3 is 0 Å². The minimum Gasteiger partial charge on any atom is -0.366 e. The van der Waals surface area contributed by atoms with Crippen molar-refractivity contribution in [1.82, 2.24) is 25.0 Å². The zero-order chi connectivity index (χ0) is 21.5. The van der Waals surface area contributed by atoms with Crippen molar-refractivity contribution >= 4 is 28.0 Å². The predicted octanol–water partition coefficient (Wildman–Crippen LogP) is 3.47. The van der Waals surface area contributed by atoms with Crippen molar-refractivity contribution in [2.75, 3.05) is 0 Å². The third-order valence-corrected chi connectivity index (χ3v) is 4.98. The molecule has 0 bridgehead atoms. The number of aromatic nitrogens is 5. The summed E-state index contributed by atoms with van der Waals surface area (Å²) in [7, 11) is 0. The highest BCUT2D eigenvalue weighted by Gasteiger charge is 2.14. The molecule has 5 rings (SSSR count). The summed E-state index contributed by atoms with van der Waals surface area (Å²) in [4.78, 5) is 19.9. The standard InChI is InChI=1S/C22H14F2N6O/c23-16-10-20-12(2-1-7-26-20)8-14(16)11-30-22-19(28-29-30)6-5-18(27-22)13-3-4-15(21(25)31)17(24)9-13/h1-10H,11H2,(H2,25,31). The summed E-state index contributed by atoms with van der Waals surface area (Å²) in [5, 5.41) is 8.97. The number of benzene rings is 2. The quantitative estimate of drug-likeness (QED) is 0.484. The number of pyridine rings is 2. The fraction of sp³-hybridized carbons (Fsp3) is 0.0455. The summed E-state index contributed by atoms with van der Waals surface area (Å²) >= 11 is 0. The molecule has 0 saturated heterocycles. The Morgan fingerprint density at radius 1 is 1.00 bits per heavy atom. The smallest absolute Gasteiger partial charge is 0.251 e. The van der Waals surface area contributed by atoms with Gasteiger partial charge in [0.15, 0.2) is 5.65 Å². The van der Waals surface area contributed by atoms with Gasteiger partial charge in [-0.15, -0.1) is 5.10 Å². The zero-order valence-electron chi connectivity index (χ0n) is 16.0. The Bertz CT molecular complexity index is 1480. The summed E-state index contributed by atoms with van der Waals surface area (Å²) < 4.78 is 30.3. The molecule has 0 aliphatic heterocycles. The van der Waals surface area contributed by atoms with Crippen LogP contribution in [0.2, 0.25) is 0 Å². The number of amides is 1. The fourth-order valence-corrected chi connectivity index (χ4v) is 3.42. The molecular weight excluding hydrogens is 402 g/mol. The van der Waals surface area contributed by atoms with Crippen LogP contribution in [0.25, 0.3) is 33.3 Å². The van der Waals surface area contributed by atoms with E-state index in [2.05, 4.69) is 20.3 Å². The predicted molar refractivity (Wildman–Crippen MR) is 110 cm³/mol. The molecule has 0 aliphatic carbocycles. The van der Waals surface area contributed by atoms with Gasteiger partial charge in [0.2, 0.25) is 0 Å². The molecule has 9 heteroatoms. The Hall–Kier alpha value is -4.27. The van der Waals surface area contributed by atoms with E-state index in [4.69, 9.17) is 5.73 Å². The van der Waals surface area contributed by atoms with E-state index in [-0.39, 0.29) is 12.1 Å². The minimum absolute atomic E-state index is 0.110. The van der Waals surface area contributed by atoms with Gasteiger partial charge in [-0.3, -0.25) is 9.78 Å². The number of nitrogens with zero attached hydrogens (tertiary/aromatic N) is 5. The number of carbonyl (C=O) groups is 1. The molecule has 152 valence electrons. The summed E-state index contributed by atoms with van der Waals surface area (Å²) in [6.45, 7) is 0.110. The molecule has 0 aliphatic rings. The fourth-order valence-electron chi connectivity index (χ4n) is 3.42. The van der Waals surface area contributed by atoms with E-state index in [0.717, 1.165) is 5.39 Å². The molecular formula is C22H14F2N6O. The molecule has 0 fully saturated rings. The van der Waals surface area contributed by atoms with Crippen LogP contribution in [0.5, 0.6) is 0 Å². The molecule has 2 aromatic carbocycles. The summed E-state index contributed by atoms with van der Waals surface area (Å²) in [5.41, 5.74) is 7.78. The first-order chi connectivity index (χ1) is 15.0. The van der Waals surface area contributed by atoms with Crippen LogP contribution in [-0.4, -0.2) is 30.9 Å². The maximum absolute atomic E-state index is 14.6. The van der Waals surface area contributed by atoms with Crippen LogP contribution in [-0.2, 0) is 6.54 Å². The molecule has 0 atom stereocenters. The number of primary amides is 1. The zero-order valence-corrected chi connectivity index (χ0v) is 16.0. The van der Waals surface area contributed by atoms with Crippen molar-refractivity contribution < 1.29 is 13.6 Å². The molecule has 5 aromatic rings. The van der Waals surface area contributed by atoms with E-state index in [1.807, 2.05) is 6.07 Å². The minimum atomic E-state index is -0.845. The summed E-state index contributed by atoms with van der Waals surface area (Å²) in [6, 6.07) is 14.2. The van der Waals surface area contributed by atoms with Gasteiger partial charge in [0.25, 0.3) is 5.91 Å². The summed E-state index contributed by atoms with van der Waals surface area (Å²) in [5.74, 6) is -1.98. The van der Waals surface area contributed by atoms with Crippen LogP contribution >= 0.6 is 0 Å². The Morgan fingerprint density at radius 2 is 1.87 bits per heavy atom.